The van der Waals surface area contributed by atoms with E-state index in [9.17, 15) is 0 Å². The number of rotatable bonds is 5. The molecule has 1 unspecified atom stereocenters. The molecular weight excluding hydrogens is 240 g/mol. The normalized spacial score (nSPS) is 12.1. The van der Waals surface area contributed by atoms with Crippen LogP contribution < -0.4 is 5.32 Å². The standard InChI is InChI=1S/C13H16N6/c1-3-6-15-10(2)12-5-4-11(8-16-12)19-9-17-13(7-14)18-19/h4-5,8-10,15H,3,6H2,1-2H3. The van der Waals surface area contributed by atoms with Crippen molar-refractivity contribution in [1.29, 1.82) is 5.26 Å². The van der Waals surface area contributed by atoms with Gasteiger partial charge in [-0.15, -0.1) is 5.10 Å². The van der Waals surface area contributed by atoms with Gasteiger partial charge in [-0.25, -0.2) is 9.67 Å². The fourth-order valence-electron chi connectivity index (χ4n) is 1.69. The van der Waals surface area contributed by atoms with Crippen LogP contribution in [0.1, 0.15) is 37.8 Å². The molecule has 0 aromatic carbocycles. The molecule has 0 bridgehead atoms. The third-order valence-corrected chi connectivity index (χ3v) is 2.77. The molecule has 0 aliphatic heterocycles. The van der Waals surface area contributed by atoms with Crippen molar-refractivity contribution in [3.8, 4) is 11.8 Å². The molecule has 19 heavy (non-hydrogen) atoms. The highest BCUT2D eigenvalue weighted by Crippen LogP contribution is 2.11. The van der Waals surface area contributed by atoms with Crippen molar-refractivity contribution < 1.29 is 0 Å². The first kappa shape index (κ1) is 13.2. The van der Waals surface area contributed by atoms with Crippen molar-refractivity contribution in [3.63, 3.8) is 0 Å². The predicted molar refractivity (Wildman–Crippen MR) is 70.6 cm³/mol. The second kappa shape index (κ2) is 6.07. The minimum atomic E-state index is 0.155. The Morgan fingerprint density at radius 1 is 1.42 bits per heavy atom. The number of pyridine rings is 1. The highest BCUT2D eigenvalue weighted by Gasteiger charge is 2.07. The summed E-state index contributed by atoms with van der Waals surface area (Å²) in [7, 11) is 0. The van der Waals surface area contributed by atoms with Gasteiger partial charge >= 0.3 is 0 Å². The van der Waals surface area contributed by atoms with E-state index in [0.717, 1.165) is 24.3 Å². The van der Waals surface area contributed by atoms with Crippen molar-refractivity contribution in [2.24, 2.45) is 0 Å². The lowest BCUT2D eigenvalue weighted by molar-refractivity contribution is 0.558. The van der Waals surface area contributed by atoms with Gasteiger partial charge in [0.15, 0.2) is 0 Å². The molecular formula is C13H16N6. The van der Waals surface area contributed by atoms with Crippen molar-refractivity contribution in [2.75, 3.05) is 6.54 Å². The monoisotopic (exact) mass is 256 g/mol. The lowest BCUT2D eigenvalue weighted by Crippen LogP contribution is -2.20. The van der Waals surface area contributed by atoms with Crippen molar-refractivity contribution in [1.82, 2.24) is 25.1 Å². The summed E-state index contributed by atoms with van der Waals surface area (Å²) in [5, 5.41) is 16.1. The van der Waals surface area contributed by atoms with E-state index in [1.165, 1.54) is 6.33 Å². The maximum atomic E-state index is 8.68. The number of hydrogen-bond donors (Lipinski definition) is 1. The largest absolute Gasteiger partial charge is 0.309 e. The first-order valence-corrected chi connectivity index (χ1v) is 6.26. The summed E-state index contributed by atoms with van der Waals surface area (Å²) in [6, 6.07) is 5.99. The van der Waals surface area contributed by atoms with E-state index < -0.39 is 0 Å². The van der Waals surface area contributed by atoms with Crippen LogP contribution in [0.3, 0.4) is 0 Å². The zero-order valence-electron chi connectivity index (χ0n) is 11.0. The number of nitriles is 1. The van der Waals surface area contributed by atoms with Crippen LogP contribution >= 0.6 is 0 Å². The van der Waals surface area contributed by atoms with Gasteiger partial charge in [0, 0.05) is 6.04 Å². The van der Waals surface area contributed by atoms with Gasteiger partial charge in [0.1, 0.15) is 12.4 Å². The predicted octanol–water partition coefficient (Wildman–Crippen LogP) is 1.59. The highest BCUT2D eigenvalue weighted by molar-refractivity contribution is 5.29. The minimum absolute atomic E-state index is 0.155. The second-order valence-corrected chi connectivity index (χ2v) is 4.24. The molecule has 2 aromatic heterocycles. The van der Waals surface area contributed by atoms with Crippen LogP contribution in [-0.4, -0.2) is 26.3 Å². The van der Waals surface area contributed by atoms with Crippen LogP contribution in [0.2, 0.25) is 0 Å². The fraction of sp³-hybridized carbons (Fsp3) is 0.385. The number of aromatic nitrogens is 4. The SMILES string of the molecule is CCCNC(C)c1ccc(-n2cnc(C#N)n2)cn1. The molecule has 98 valence electrons. The molecule has 1 N–H and O–H groups in total. The molecule has 0 saturated carbocycles. The lowest BCUT2D eigenvalue weighted by atomic mass is 10.2. The molecule has 2 rings (SSSR count). The molecule has 0 fully saturated rings. The Kier molecular flexibility index (Phi) is 4.21. The van der Waals surface area contributed by atoms with Gasteiger partial charge in [0.05, 0.1) is 17.6 Å². The van der Waals surface area contributed by atoms with E-state index in [2.05, 4.69) is 34.2 Å². The third kappa shape index (κ3) is 3.14. The van der Waals surface area contributed by atoms with Crippen LogP contribution in [0.4, 0.5) is 0 Å². The zero-order chi connectivity index (χ0) is 13.7. The minimum Gasteiger partial charge on any atom is -0.309 e. The van der Waals surface area contributed by atoms with E-state index in [1.54, 1.807) is 10.9 Å². The van der Waals surface area contributed by atoms with Gasteiger partial charge in [-0.3, -0.25) is 4.98 Å². The Bertz CT molecular complexity index is 566. The van der Waals surface area contributed by atoms with Gasteiger partial charge in [-0.2, -0.15) is 5.26 Å². The van der Waals surface area contributed by atoms with Crippen LogP contribution in [-0.2, 0) is 0 Å². The highest BCUT2D eigenvalue weighted by atomic mass is 15.3. The first-order chi connectivity index (χ1) is 9.24. The summed E-state index contributed by atoms with van der Waals surface area (Å²) in [6.07, 6.45) is 4.33. The second-order valence-electron chi connectivity index (χ2n) is 4.24. The molecule has 0 aliphatic rings. The number of hydrogen-bond acceptors (Lipinski definition) is 5. The van der Waals surface area contributed by atoms with E-state index in [4.69, 9.17) is 5.26 Å². The first-order valence-electron chi connectivity index (χ1n) is 6.26. The summed E-state index contributed by atoms with van der Waals surface area (Å²) in [5.41, 5.74) is 1.78. The summed E-state index contributed by atoms with van der Waals surface area (Å²) >= 11 is 0. The molecule has 1 atom stereocenters. The summed E-state index contributed by atoms with van der Waals surface area (Å²) in [5.74, 6) is 0.155. The van der Waals surface area contributed by atoms with Gasteiger partial charge in [-0.1, -0.05) is 6.92 Å². The fourth-order valence-corrected chi connectivity index (χ4v) is 1.69. The van der Waals surface area contributed by atoms with Crippen LogP contribution in [0, 0.1) is 11.3 Å². The molecule has 6 nitrogen and oxygen atoms in total. The quantitative estimate of drug-likeness (QED) is 0.878. The zero-order valence-corrected chi connectivity index (χ0v) is 11.0. The van der Waals surface area contributed by atoms with Gasteiger partial charge in [0.25, 0.3) is 5.82 Å². The van der Waals surface area contributed by atoms with E-state index in [1.807, 2.05) is 18.2 Å². The molecule has 6 heteroatoms. The van der Waals surface area contributed by atoms with Crippen molar-refractivity contribution in [2.45, 2.75) is 26.3 Å². The van der Waals surface area contributed by atoms with Gasteiger partial charge < -0.3 is 5.32 Å². The molecule has 0 radical (unpaired) electrons. The van der Waals surface area contributed by atoms with Crippen molar-refractivity contribution in [3.05, 3.63) is 36.2 Å². The smallest absolute Gasteiger partial charge is 0.252 e. The molecule has 0 aliphatic carbocycles. The van der Waals surface area contributed by atoms with Crippen LogP contribution in [0.5, 0.6) is 0 Å². The molecule has 0 amide bonds. The maximum Gasteiger partial charge on any atom is 0.252 e. The topological polar surface area (TPSA) is 79.4 Å². The average Bonchev–Trinajstić information content (AvgIpc) is 2.94. The van der Waals surface area contributed by atoms with Gasteiger partial charge in [0.2, 0.25) is 0 Å². The lowest BCUT2D eigenvalue weighted by Gasteiger charge is -2.12. The van der Waals surface area contributed by atoms with Crippen molar-refractivity contribution >= 4 is 0 Å². The maximum absolute atomic E-state index is 8.68. The van der Waals surface area contributed by atoms with Crippen LogP contribution in [0.15, 0.2) is 24.7 Å². The molecule has 2 heterocycles. The third-order valence-electron chi connectivity index (χ3n) is 2.77. The Morgan fingerprint density at radius 3 is 2.84 bits per heavy atom. The molecule has 2 aromatic rings. The Balaban J connectivity index is 2.12. The Morgan fingerprint density at radius 2 is 2.26 bits per heavy atom. The Labute approximate surface area is 112 Å². The van der Waals surface area contributed by atoms with Gasteiger partial charge in [-0.05, 0) is 32.0 Å². The van der Waals surface area contributed by atoms with E-state index in [-0.39, 0.29) is 11.9 Å². The Hall–Kier alpha value is -2.26. The molecule has 0 spiro atoms. The number of nitrogens with one attached hydrogen (secondary N) is 1. The summed E-state index contributed by atoms with van der Waals surface area (Å²) in [6.45, 7) is 5.19. The number of nitrogens with zero attached hydrogens (tertiary/aromatic N) is 5. The van der Waals surface area contributed by atoms with E-state index in [0.29, 0.717) is 0 Å². The summed E-state index contributed by atoms with van der Waals surface area (Å²) in [4.78, 5) is 8.27. The average molecular weight is 256 g/mol. The van der Waals surface area contributed by atoms with E-state index >= 15 is 0 Å². The molecule has 0 saturated heterocycles. The summed E-state index contributed by atoms with van der Waals surface area (Å²) < 4.78 is 1.54. The van der Waals surface area contributed by atoms with Crippen LogP contribution in [0.25, 0.3) is 5.69 Å².